The highest BCUT2D eigenvalue weighted by atomic mass is 16.2. The van der Waals surface area contributed by atoms with E-state index in [1.165, 1.54) is 4.90 Å². The van der Waals surface area contributed by atoms with Gasteiger partial charge < -0.3 is 18.9 Å². The summed E-state index contributed by atoms with van der Waals surface area (Å²) < 4.78 is 3.96. The molecule has 1 atom stereocenters. The summed E-state index contributed by atoms with van der Waals surface area (Å²) in [5.41, 5.74) is 2.15. The van der Waals surface area contributed by atoms with Gasteiger partial charge in [0, 0.05) is 57.5 Å². The average molecular weight is 365 g/mol. The number of nitrogens with zero attached hydrogens (tertiary/aromatic N) is 5. The van der Waals surface area contributed by atoms with Crippen molar-refractivity contribution in [2.75, 3.05) is 20.6 Å². The van der Waals surface area contributed by atoms with E-state index in [4.69, 9.17) is 0 Å². The Balaban J connectivity index is 1.68. The van der Waals surface area contributed by atoms with E-state index >= 15 is 0 Å². The molecule has 0 fully saturated rings. The quantitative estimate of drug-likeness (QED) is 0.700. The number of imidazole rings is 1. The van der Waals surface area contributed by atoms with Crippen molar-refractivity contribution in [3.63, 3.8) is 0 Å². The lowest BCUT2D eigenvalue weighted by atomic mass is 10.1. The van der Waals surface area contributed by atoms with Crippen LogP contribution in [0.4, 0.5) is 0 Å². The lowest BCUT2D eigenvalue weighted by Crippen LogP contribution is -2.41. The molecule has 0 saturated heterocycles. The number of benzene rings is 1. The van der Waals surface area contributed by atoms with Gasteiger partial charge in [-0.3, -0.25) is 9.59 Å². The summed E-state index contributed by atoms with van der Waals surface area (Å²) >= 11 is 0. The fourth-order valence-corrected chi connectivity index (χ4v) is 3.77. The lowest BCUT2D eigenvalue weighted by Gasteiger charge is -2.33. The number of aromatic nitrogens is 3. The minimum Gasteiger partial charge on any atom is -0.350 e. The molecule has 1 unspecified atom stereocenters. The zero-order valence-corrected chi connectivity index (χ0v) is 16.0. The van der Waals surface area contributed by atoms with E-state index in [-0.39, 0.29) is 17.9 Å². The van der Waals surface area contributed by atoms with Crippen LogP contribution in [0, 0.1) is 0 Å². The van der Waals surface area contributed by atoms with Crippen LogP contribution < -0.4 is 0 Å². The molecule has 4 rings (SSSR count). The van der Waals surface area contributed by atoms with Crippen molar-refractivity contribution in [3.8, 4) is 0 Å². The van der Waals surface area contributed by atoms with E-state index in [1.807, 2.05) is 58.5 Å². The highest BCUT2D eigenvalue weighted by Crippen LogP contribution is 2.29. The van der Waals surface area contributed by atoms with E-state index < -0.39 is 0 Å². The second kappa shape index (κ2) is 6.26. The van der Waals surface area contributed by atoms with Crippen LogP contribution in [-0.4, -0.2) is 56.4 Å². The first-order valence-corrected chi connectivity index (χ1v) is 9.02. The second-order valence-electron chi connectivity index (χ2n) is 7.22. The number of rotatable bonds is 2. The lowest BCUT2D eigenvalue weighted by molar-refractivity contribution is 0.0639. The molecule has 2 aromatic heterocycles. The van der Waals surface area contributed by atoms with Gasteiger partial charge >= 0.3 is 0 Å². The van der Waals surface area contributed by atoms with Crippen molar-refractivity contribution in [1.29, 1.82) is 0 Å². The second-order valence-corrected chi connectivity index (χ2v) is 7.22. The molecule has 0 N–H and O–H groups in total. The van der Waals surface area contributed by atoms with Gasteiger partial charge in [-0.15, -0.1) is 0 Å². The van der Waals surface area contributed by atoms with Gasteiger partial charge in [0.25, 0.3) is 11.8 Å². The minimum absolute atomic E-state index is 0.00552. The molecule has 27 heavy (non-hydrogen) atoms. The summed E-state index contributed by atoms with van der Waals surface area (Å²) in [5.74, 6) is 0.616. The number of amides is 2. The molecule has 0 bridgehead atoms. The normalized spacial score (nSPS) is 16.4. The third kappa shape index (κ3) is 2.70. The van der Waals surface area contributed by atoms with Gasteiger partial charge in [-0.1, -0.05) is 18.2 Å². The highest BCUT2D eigenvalue weighted by Gasteiger charge is 2.32. The first kappa shape index (κ1) is 17.3. The van der Waals surface area contributed by atoms with Gasteiger partial charge in [-0.2, -0.15) is 0 Å². The van der Waals surface area contributed by atoms with Gasteiger partial charge in [0.15, 0.2) is 0 Å². The summed E-state index contributed by atoms with van der Waals surface area (Å²) in [6.07, 6.45) is 3.68. The number of hydrogen-bond donors (Lipinski definition) is 0. The molecule has 7 nitrogen and oxygen atoms in total. The molecule has 0 spiro atoms. The van der Waals surface area contributed by atoms with Crippen LogP contribution in [0.25, 0.3) is 10.9 Å². The van der Waals surface area contributed by atoms with Crippen LogP contribution in [0.5, 0.6) is 0 Å². The SMILES string of the molecule is CC1c2nc(C(=O)N(C)C)cn2CCN1C(=O)c1cn(C)c2ccccc12. The predicted molar refractivity (Wildman–Crippen MR) is 103 cm³/mol. The Hall–Kier alpha value is -3.09. The maximum atomic E-state index is 13.3. The zero-order chi connectivity index (χ0) is 19.3. The van der Waals surface area contributed by atoms with E-state index in [2.05, 4.69) is 4.98 Å². The molecule has 140 valence electrons. The molecule has 1 aliphatic heterocycles. The summed E-state index contributed by atoms with van der Waals surface area (Å²) in [6, 6.07) is 7.71. The standard InChI is InChI=1S/C20H23N5O2/c1-13-18-21-16(20(27)22(2)3)12-24(18)9-10-25(13)19(26)15-11-23(4)17-8-6-5-7-14(15)17/h5-8,11-13H,9-10H2,1-4H3. The van der Waals surface area contributed by atoms with Crippen LogP contribution in [0.2, 0.25) is 0 Å². The van der Waals surface area contributed by atoms with Crippen molar-refractivity contribution in [2.24, 2.45) is 7.05 Å². The third-order valence-electron chi connectivity index (χ3n) is 5.24. The first-order chi connectivity index (χ1) is 12.9. The Labute approximate surface area is 157 Å². The molecular weight excluding hydrogens is 342 g/mol. The number of para-hydroxylation sites is 1. The Morgan fingerprint density at radius 1 is 1.15 bits per heavy atom. The number of carbonyl (C=O) groups excluding carboxylic acids is 2. The average Bonchev–Trinajstić information content (AvgIpc) is 3.23. The first-order valence-electron chi connectivity index (χ1n) is 9.02. The molecule has 0 aliphatic carbocycles. The largest absolute Gasteiger partial charge is 0.350 e. The van der Waals surface area contributed by atoms with Gasteiger partial charge in [-0.05, 0) is 13.0 Å². The van der Waals surface area contributed by atoms with Crippen molar-refractivity contribution < 1.29 is 9.59 Å². The maximum Gasteiger partial charge on any atom is 0.273 e. The Morgan fingerprint density at radius 3 is 2.63 bits per heavy atom. The summed E-state index contributed by atoms with van der Waals surface area (Å²) in [7, 11) is 5.37. The smallest absolute Gasteiger partial charge is 0.273 e. The van der Waals surface area contributed by atoms with Crippen LogP contribution >= 0.6 is 0 Å². The molecule has 0 radical (unpaired) electrons. The number of fused-ring (bicyclic) bond motifs is 2. The highest BCUT2D eigenvalue weighted by molar-refractivity contribution is 6.07. The minimum atomic E-state index is -0.200. The van der Waals surface area contributed by atoms with E-state index in [0.717, 1.165) is 16.7 Å². The van der Waals surface area contributed by atoms with Gasteiger partial charge in [0.1, 0.15) is 11.5 Å². The molecular formula is C20H23N5O2. The monoisotopic (exact) mass is 365 g/mol. The van der Waals surface area contributed by atoms with Gasteiger partial charge in [0.2, 0.25) is 0 Å². The molecule has 2 amide bonds. The Morgan fingerprint density at radius 2 is 1.89 bits per heavy atom. The summed E-state index contributed by atoms with van der Waals surface area (Å²) in [6.45, 7) is 3.18. The molecule has 7 heteroatoms. The fraction of sp³-hybridized carbons (Fsp3) is 0.350. The Bertz CT molecular complexity index is 1050. The Kier molecular flexibility index (Phi) is 4.02. The van der Waals surface area contributed by atoms with Crippen molar-refractivity contribution in [1.82, 2.24) is 23.9 Å². The zero-order valence-electron chi connectivity index (χ0n) is 16.0. The van der Waals surface area contributed by atoms with E-state index in [0.29, 0.717) is 24.3 Å². The van der Waals surface area contributed by atoms with Crippen LogP contribution in [0.1, 0.15) is 39.6 Å². The molecule has 1 aliphatic rings. The van der Waals surface area contributed by atoms with Gasteiger partial charge in [0.05, 0.1) is 11.6 Å². The summed E-state index contributed by atoms with van der Waals surface area (Å²) in [5, 5.41) is 0.953. The molecule has 1 aromatic carbocycles. The van der Waals surface area contributed by atoms with Crippen LogP contribution in [0.3, 0.4) is 0 Å². The topological polar surface area (TPSA) is 63.4 Å². The van der Waals surface area contributed by atoms with Gasteiger partial charge in [-0.25, -0.2) is 4.98 Å². The van der Waals surface area contributed by atoms with Crippen molar-refractivity contribution in [2.45, 2.75) is 19.5 Å². The van der Waals surface area contributed by atoms with E-state index in [9.17, 15) is 9.59 Å². The van der Waals surface area contributed by atoms with E-state index in [1.54, 1.807) is 20.3 Å². The summed E-state index contributed by atoms with van der Waals surface area (Å²) in [4.78, 5) is 33.4. The third-order valence-corrected chi connectivity index (χ3v) is 5.24. The van der Waals surface area contributed by atoms with Crippen LogP contribution in [-0.2, 0) is 13.6 Å². The van der Waals surface area contributed by atoms with Crippen molar-refractivity contribution in [3.05, 3.63) is 53.7 Å². The molecule has 3 aromatic rings. The van der Waals surface area contributed by atoms with Crippen LogP contribution in [0.15, 0.2) is 36.7 Å². The number of hydrogen-bond acceptors (Lipinski definition) is 3. The number of carbonyl (C=O) groups is 2. The molecule has 0 saturated carbocycles. The predicted octanol–water partition coefficient (Wildman–Crippen LogP) is 2.29. The molecule has 3 heterocycles. The number of aryl methyl sites for hydroxylation is 1. The fourth-order valence-electron chi connectivity index (χ4n) is 3.77. The maximum absolute atomic E-state index is 13.3. The van der Waals surface area contributed by atoms with Crippen molar-refractivity contribution >= 4 is 22.7 Å².